The summed E-state index contributed by atoms with van der Waals surface area (Å²) in [7, 11) is 1.13. The summed E-state index contributed by atoms with van der Waals surface area (Å²) in [6.07, 6.45) is -4.61. The molecule has 0 spiro atoms. The molecule has 1 aromatic carbocycles. The molecule has 10 heteroatoms. The number of alkyl halides is 3. The molecule has 0 aliphatic rings. The van der Waals surface area contributed by atoms with Crippen molar-refractivity contribution in [2.45, 2.75) is 6.18 Å². The van der Waals surface area contributed by atoms with Gasteiger partial charge in [0.25, 0.3) is 0 Å². The number of rotatable bonds is 2. The predicted molar refractivity (Wildman–Crippen MR) is 72.8 cm³/mol. The minimum atomic E-state index is -4.61. The molecule has 0 saturated carbocycles. The van der Waals surface area contributed by atoms with E-state index in [2.05, 4.69) is 25.9 Å². The molecule has 6 N–H and O–H groups in total. The number of nitrogens with two attached hydrogens (primary N) is 3. The Morgan fingerprint density at radius 3 is 2.30 bits per heavy atom. The third kappa shape index (κ3) is 4.02. The van der Waals surface area contributed by atoms with Gasteiger partial charge in [-0.3, -0.25) is 0 Å². The molecule has 0 heterocycles. The SMILES string of the molecule is COc1c(Br)cc(N=C(N)N=C(N)N)cc1C(F)(F)F. The lowest BCUT2D eigenvalue weighted by molar-refractivity contribution is -0.138. The van der Waals surface area contributed by atoms with Crippen molar-refractivity contribution in [3.63, 3.8) is 0 Å². The van der Waals surface area contributed by atoms with E-state index in [-0.39, 0.29) is 27.8 Å². The minimum absolute atomic E-state index is 0.0751. The van der Waals surface area contributed by atoms with Crippen LogP contribution in [0.3, 0.4) is 0 Å². The van der Waals surface area contributed by atoms with Gasteiger partial charge >= 0.3 is 6.18 Å². The lowest BCUT2D eigenvalue weighted by atomic mass is 10.1. The smallest absolute Gasteiger partial charge is 0.420 e. The maximum absolute atomic E-state index is 12.9. The molecule has 0 aliphatic heterocycles. The molecule has 0 aliphatic carbocycles. The van der Waals surface area contributed by atoms with E-state index in [4.69, 9.17) is 21.9 Å². The molecule has 0 bridgehead atoms. The molecular weight excluding hydrogens is 343 g/mol. The van der Waals surface area contributed by atoms with Crippen molar-refractivity contribution in [2.24, 2.45) is 27.2 Å². The Hall–Kier alpha value is -1.97. The van der Waals surface area contributed by atoms with Crippen LogP contribution in [0.5, 0.6) is 5.75 Å². The van der Waals surface area contributed by atoms with Gasteiger partial charge < -0.3 is 21.9 Å². The molecule has 20 heavy (non-hydrogen) atoms. The summed E-state index contributed by atoms with van der Waals surface area (Å²) in [5.74, 6) is -1.07. The number of methoxy groups -OCH3 is 1. The maximum atomic E-state index is 12.9. The van der Waals surface area contributed by atoms with Crippen LogP contribution < -0.4 is 21.9 Å². The van der Waals surface area contributed by atoms with Gasteiger partial charge in [0.05, 0.1) is 17.3 Å². The van der Waals surface area contributed by atoms with Crippen LogP contribution in [0, 0.1) is 0 Å². The van der Waals surface area contributed by atoms with Crippen molar-refractivity contribution in [2.75, 3.05) is 7.11 Å². The molecule has 0 unspecified atom stereocenters. The first kappa shape index (κ1) is 16.1. The van der Waals surface area contributed by atoms with E-state index in [1.807, 2.05) is 0 Å². The first-order valence-electron chi connectivity index (χ1n) is 5.03. The minimum Gasteiger partial charge on any atom is -0.495 e. The molecule has 110 valence electrons. The highest BCUT2D eigenvalue weighted by Crippen LogP contribution is 2.42. The summed E-state index contributed by atoms with van der Waals surface area (Å²) in [6.45, 7) is 0. The van der Waals surface area contributed by atoms with Crippen LogP contribution in [0.1, 0.15) is 5.56 Å². The first-order valence-corrected chi connectivity index (χ1v) is 5.83. The molecule has 0 fully saturated rings. The number of hydrogen-bond acceptors (Lipinski definition) is 2. The lowest BCUT2D eigenvalue weighted by Gasteiger charge is -2.14. The van der Waals surface area contributed by atoms with E-state index in [1.54, 1.807) is 0 Å². The predicted octanol–water partition coefficient (Wildman–Crippen LogP) is 1.70. The molecule has 0 amide bonds. The Morgan fingerprint density at radius 1 is 1.25 bits per heavy atom. The van der Waals surface area contributed by atoms with Crippen LogP contribution in [0.2, 0.25) is 0 Å². The Balaban J connectivity index is 3.39. The highest BCUT2D eigenvalue weighted by atomic mass is 79.9. The fourth-order valence-corrected chi connectivity index (χ4v) is 1.96. The van der Waals surface area contributed by atoms with Gasteiger partial charge in [-0.1, -0.05) is 0 Å². The summed E-state index contributed by atoms with van der Waals surface area (Å²) < 4.78 is 43.5. The van der Waals surface area contributed by atoms with Crippen molar-refractivity contribution >= 4 is 33.5 Å². The van der Waals surface area contributed by atoms with E-state index in [1.165, 1.54) is 6.07 Å². The second-order valence-electron chi connectivity index (χ2n) is 3.51. The zero-order valence-corrected chi connectivity index (χ0v) is 11.8. The summed E-state index contributed by atoms with van der Waals surface area (Å²) >= 11 is 2.97. The van der Waals surface area contributed by atoms with Gasteiger partial charge in [-0.05, 0) is 28.1 Å². The largest absolute Gasteiger partial charge is 0.495 e. The average Bonchev–Trinajstić information content (AvgIpc) is 2.25. The molecular formula is C10H11BrF3N5O. The molecule has 0 radical (unpaired) electrons. The van der Waals surface area contributed by atoms with Gasteiger partial charge in [0, 0.05) is 0 Å². The first-order chi connectivity index (χ1) is 9.15. The zero-order valence-electron chi connectivity index (χ0n) is 10.2. The highest BCUT2D eigenvalue weighted by molar-refractivity contribution is 9.10. The van der Waals surface area contributed by atoms with E-state index < -0.39 is 11.7 Å². The summed E-state index contributed by atoms with van der Waals surface area (Å²) in [6, 6.07) is 2.07. The van der Waals surface area contributed by atoms with Gasteiger partial charge in [-0.2, -0.15) is 18.2 Å². The van der Waals surface area contributed by atoms with Crippen molar-refractivity contribution in [1.82, 2.24) is 0 Å². The fraction of sp³-hybridized carbons (Fsp3) is 0.200. The van der Waals surface area contributed by atoms with Crippen molar-refractivity contribution in [3.05, 3.63) is 22.2 Å². The van der Waals surface area contributed by atoms with Gasteiger partial charge in [-0.25, -0.2) is 4.99 Å². The van der Waals surface area contributed by atoms with E-state index in [0.717, 1.165) is 13.2 Å². The normalized spacial score (nSPS) is 12.2. The number of ether oxygens (including phenoxy) is 1. The number of aliphatic imine (C=N–C) groups is 2. The van der Waals surface area contributed by atoms with Crippen LogP contribution >= 0.6 is 15.9 Å². The number of benzene rings is 1. The van der Waals surface area contributed by atoms with Crippen LogP contribution in [0.15, 0.2) is 26.6 Å². The van der Waals surface area contributed by atoms with Crippen molar-refractivity contribution in [3.8, 4) is 5.75 Å². The lowest BCUT2D eigenvalue weighted by Crippen LogP contribution is -2.26. The van der Waals surface area contributed by atoms with Crippen LogP contribution in [-0.2, 0) is 6.18 Å². The number of halogens is 4. The van der Waals surface area contributed by atoms with Crippen LogP contribution in [0.4, 0.5) is 18.9 Å². The topological polar surface area (TPSA) is 112 Å². The van der Waals surface area contributed by atoms with Crippen LogP contribution in [-0.4, -0.2) is 19.0 Å². The van der Waals surface area contributed by atoms with E-state index in [0.29, 0.717) is 0 Å². The van der Waals surface area contributed by atoms with E-state index in [9.17, 15) is 13.2 Å². The molecule has 6 nitrogen and oxygen atoms in total. The van der Waals surface area contributed by atoms with Gasteiger partial charge in [0.1, 0.15) is 11.3 Å². The Kier molecular flexibility index (Phi) is 4.82. The summed E-state index contributed by atoms with van der Waals surface area (Å²) in [5.41, 5.74) is 14.4. The van der Waals surface area contributed by atoms with Gasteiger partial charge in [-0.15, -0.1) is 0 Å². The average molecular weight is 354 g/mol. The quantitative estimate of drug-likeness (QED) is 0.554. The third-order valence-electron chi connectivity index (χ3n) is 2.03. The molecule has 1 rings (SSSR count). The third-order valence-corrected chi connectivity index (χ3v) is 2.61. The summed E-state index contributed by atoms with van der Waals surface area (Å²) in [4.78, 5) is 7.08. The summed E-state index contributed by atoms with van der Waals surface area (Å²) in [5, 5.41) is 0. The maximum Gasteiger partial charge on any atom is 0.420 e. The van der Waals surface area contributed by atoms with Gasteiger partial charge in [0.2, 0.25) is 5.96 Å². The standard InChI is InChI=1S/C10H11BrF3N5O/c1-20-7-5(10(12,13)14)2-4(3-6(7)11)18-9(17)19-8(15)16/h2-3H,1H3,(H6,15,16,17,18,19). The Morgan fingerprint density at radius 2 is 1.85 bits per heavy atom. The molecule has 0 atom stereocenters. The monoisotopic (exact) mass is 353 g/mol. The molecule has 1 aromatic rings. The molecule has 0 aromatic heterocycles. The van der Waals surface area contributed by atoms with E-state index >= 15 is 0 Å². The van der Waals surface area contributed by atoms with Crippen molar-refractivity contribution < 1.29 is 17.9 Å². The Labute approximate surface area is 120 Å². The number of guanidine groups is 2. The van der Waals surface area contributed by atoms with Crippen molar-refractivity contribution in [1.29, 1.82) is 0 Å². The Bertz CT molecular complexity index is 567. The fourth-order valence-electron chi connectivity index (χ4n) is 1.35. The molecule has 0 saturated heterocycles. The highest BCUT2D eigenvalue weighted by Gasteiger charge is 2.35. The second kappa shape index (κ2) is 5.99. The zero-order chi connectivity index (χ0) is 15.5. The number of nitrogens with zero attached hydrogens (tertiary/aromatic N) is 2. The van der Waals surface area contributed by atoms with Crippen LogP contribution in [0.25, 0.3) is 0 Å². The van der Waals surface area contributed by atoms with Gasteiger partial charge in [0.15, 0.2) is 5.96 Å². The number of hydrogen-bond donors (Lipinski definition) is 3. The second-order valence-corrected chi connectivity index (χ2v) is 4.37.